The third-order valence-corrected chi connectivity index (χ3v) is 5.07. The van der Waals surface area contributed by atoms with E-state index in [2.05, 4.69) is 39.4 Å². The van der Waals surface area contributed by atoms with Crippen LogP contribution in [0.4, 0.5) is 5.69 Å². The van der Waals surface area contributed by atoms with E-state index in [9.17, 15) is 4.79 Å². The van der Waals surface area contributed by atoms with Gasteiger partial charge in [0.1, 0.15) is 11.4 Å². The summed E-state index contributed by atoms with van der Waals surface area (Å²) in [7, 11) is 0. The molecular weight excluding hydrogens is 358 g/mol. The largest absolute Gasteiger partial charge is 0.325 e. The third-order valence-electron chi connectivity index (χ3n) is 4.15. The molecule has 7 heteroatoms. The molecule has 0 saturated carbocycles. The topological polar surface area (TPSA) is 72.7 Å². The van der Waals surface area contributed by atoms with Crippen molar-refractivity contribution in [1.82, 2.24) is 19.7 Å². The number of hydrogen-bond donors (Lipinski definition) is 1. The van der Waals surface area contributed by atoms with Gasteiger partial charge in [-0.1, -0.05) is 29.5 Å². The highest BCUT2D eigenvalue weighted by molar-refractivity contribution is 7.99. The van der Waals surface area contributed by atoms with E-state index < -0.39 is 0 Å². The van der Waals surface area contributed by atoms with E-state index >= 15 is 0 Å². The van der Waals surface area contributed by atoms with Crippen molar-refractivity contribution < 1.29 is 4.79 Å². The Bertz CT molecular complexity index is 973. The summed E-state index contributed by atoms with van der Waals surface area (Å²) in [6.45, 7) is 9.99. The Balaban J connectivity index is 1.68. The molecule has 1 N–H and O–H groups in total. The number of nitrogens with one attached hydrogen (secondary N) is 1. The first-order valence-electron chi connectivity index (χ1n) is 8.69. The smallest absolute Gasteiger partial charge is 0.234 e. The van der Waals surface area contributed by atoms with E-state index in [0.717, 1.165) is 33.2 Å². The van der Waals surface area contributed by atoms with Crippen LogP contribution in [0.25, 0.3) is 5.82 Å². The number of carbonyl (C=O) groups is 1. The number of aromatic nitrogens is 4. The van der Waals surface area contributed by atoms with E-state index in [-0.39, 0.29) is 11.7 Å². The highest BCUT2D eigenvalue weighted by Crippen LogP contribution is 2.23. The average Bonchev–Trinajstić information content (AvgIpc) is 2.95. The molecule has 0 fully saturated rings. The number of benzene rings is 1. The Morgan fingerprint density at radius 1 is 1.04 bits per heavy atom. The van der Waals surface area contributed by atoms with Crippen molar-refractivity contribution in [2.24, 2.45) is 0 Å². The number of carbonyl (C=O) groups excluding carboxylic acids is 1. The molecule has 0 aliphatic rings. The van der Waals surface area contributed by atoms with Gasteiger partial charge in [-0.3, -0.25) is 4.79 Å². The molecule has 0 aliphatic heterocycles. The monoisotopic (exact) mass is 381 g/mol. The number of anilines is 1. The number of amides is 1. The molecule has 0 bridgehead atoms. The molecule has 2 heterocycles. The van der Waals surface area contributed by atoms with Crippen molar-refractivity contribution in [2.75, 3.05) is 11.1 Å². The van der Waals surface area contributed by atoms with E-state index in [4.69, 9.17) is 0 Å². The van der Waals surface area contributed by atoms with Crippen LogP contribution < -0.4 is 5.32 Å². The van der Waals surface area contributed by atoms with Crippen LogP contribution >= 0.6 is 11.8 Å². The van der Waals surface area contributed by atoms with Crippen LogP contribution in [0.5, 0.6) is 0 Å². The molecule has 0 aliphatic carbocycles. The Hall–Kier alpha value is -2.67. The molecule has 6 nitrogen and oxygen atoms in total. The highest BCUT2D eigenvalue weighted by atomic mass is 32.2. The molecule has 3 aromatic rings. The third kappa shape index (κ3) is 4.54. The predicted molar refractivity (Wildman–Crippen MR) is 109 cm³/mol. The summed E-state index contributed by atoms with van der Waals surface area (Å²) < 4.78 is 1.78. The van der Waals surface area contributed by atoms with E-state index in [1.54, 1.807) is 4.68 Å². The molecule has 27 heavy (non-hydrogen) atoms. The maximum Gasteiger partial charge on any atom is 0.234 e. The lowest BCUT2D eigenvalue weighted by Gasteiger charge is -2.12. The number of nitrogens with zero attached hydrogens (tertiary/aromatic N) is 4. The normalized spacial score (nSPS) is 10.9. The number of rotatable bonds is 5. The fourth-order valence-corrected chi connectivity index (χ4v) is 3.74. The van der Waals surface area contributed by atoms with Gasteiger partial charge in [0.25, 0.3) is 0 Å². The Morgan fingerprint density at radius 3 is 2.37 bits per heavy atom. The van der Waals surface area contributed by atoms with Gasteiger partial charge in [-0.25, -0.2) is 14.6 Å². The summed E-state index contributed by atoms with van der Waals surface area (Å²) in [5, 5.41) is 8.19. The molecule has 0 atom stereocenters. The second kappa shape index (κ2) is 7.92. The minimum absolute atomic E-state index is 0.0543. The van der Waals surface area contributed by atoms with Gasteiger partial charge >= 0.3 is 0 Å². The van der Waals surface area contributed by atoms with Crippen LogP contribution in [0.2, 0.25) is 0 Å². The zero-order valence-corrected chi connectivity index (χ0v) is 17.0. The molecule has 140 valence electrons. The van der Waals surface area contributed by atoms with Crippen LogP contribution in [0.1, 0.15) is 28.1 Å². The van der Waals surface area contributed by atoms with Gasteiger partial charge in [0.05, 0.1) is 11.4 Å². The molecular formula is C20H23N5OS. The van der Waals surface area contributed by atoms with Crippen LogP contribution in [0.3, 0.4) is 0 Å². The summed E-state index contributed by atoms with van der Waals surface area (Å²) in [6.07, 6.45) is 1.50. The van der Waals surface area contributed by atoms with Crippen LogP contribution in [0.15, 0.2) is 35.6 Å². The van der Waals surface area contributed by atoms with Crippen molar-refractivity contribution in [3.8, 4) is 5.82 Å². The Kier molecular flexibility index (Phi) is 5.60. The molecule has 3 rings (SSSR count). The number of thioether (sulfide) groups is 1. The van der Waals surface area contributed by atoms with Crippen molar-refractivity contribution in [3.05, 3.63) is 58.7 Å². The minimum Gasteiger partial charge on any atom is -0.325 e. The summed E-state index contributed by atoms with van der Waals surface area (Å²) in [6, 6.07) is 7.98. The fraction of sp³-hybridized carbons (Fsp3) is 0.300. The maximum atomic E-state index is 12.4. The molecule has 0 saturated heterocycles. The zero-order chi connectivity index (χ0) is 19.6. The quantitative estimate of drug-likeness (QED) is 0.535. The number of aryl methyl sites for hydroxylation is 5. The summed E-state index contributed by atoms with van der Waals surface area (Å²) in [5.74, 6) is 0.922. The molecule has 0 radical (unpaired) electrons. The average molecular weight is 382 g/mol. The van der Waals surface area contributed by atoms with Gasteiger partial charge in [-0.05, 0) is 51.8 Å². The molecule has 1 aromatic carbocycles. The van der Waals surface area contributed by atoms with Gasteiger partial charge < -0.3 is 5.32 Å². The second-order valence-electron chi connectivity index (χ2n) is 6.66. The minimum atomic E-state index is -0.0543. The molecule has 0 unspecified atom stereocenters. The first-order valence-corrected chi connectivity index (χ1v) is 9.68. The van der Waals surface area contributed by atoms with Crippen LogP contribution in [-0.4, -0.2) is 31.4 Å². The first-order chi connectivity index (χ1) is 12.8. The maximum absolute atomic E-state index is 12.4. The SMILES string of the molecule is Cc1cc(C)c(NC(=O)CSc2cc(-n3nc(C)cc3C)ncn2)c(C)c1. The van der Waals surface area contributed by atoms with E-state index in [1.807, 2.05) is 39.8 Å². The van der Waals surface area contributed by atoms with Gasteiger partial charge in [0.15, 0.2) is 5.82 Å². The Labute approximate surface area is 163 Å². The zero-order valence-electron chi connectivity index (χ0n) is 16.2. The summed E-state index contributed by atoms with van der Waals surface area (Å²) in [5.41, 5.74) is 6.15. The van der Waals surface area contributed by atoms with Gasteiger partial charge in [-0.15, -0.1) is 0 Å². The molecule has 0 spiro atoms. The van der Waals surface area contributed by atoms with Crippen molar-refractivity contribution in [1.29, 1.82) is 0 Å². The fourth-order valence-electron chi connectivity index (χ4n) is 3.08. The lowest BCUT2D eigenvalue weighted by molar-refractivity contribution is -0.113. The van der Waals surface area contributed by atoms with Crippen molar-refractivity contribution >= 4 is 23.4 Å². The highest BCUT2D eigenvalue weighted by Gasteiger charge is 2.11. The standard InChI is InChI=1S/C20H23N5OS/c1-12-6-13(2)20(14(3)7-12)23-18(26)10-27-19-9-17(21-11-22-19)25-16(5)8-15(4)24-25/h6-9,11H,10H2,1-5H3,(H,23,26). The van der Waals surface area contributed by atoms with Crippen LogP contribution in [-0.2, 0) is 4.79 Å². The first kappa shape index (κ1) is 19.1. The second-order valence-corrected chi connectivity index (χ2v) is 7.66. The van der Waals surface area contributed by atoms with E-state index in [1.165, 1.54) is 23.7 Å². The lowest BCUT2D eigenvalue weighted by Crippen LogP contribution is -2.16. The summed E-state index contributed by atoms with van der Waals surface area (Å²) >= 11 is 1.38. The Morgan fingerprint density at radius 2 is 1.74 bits per heavy atom. The predicted octanol–water partition coefficient (Wildman–Crippen LogP) is 3.94. The van der Waals surface area contributed by atoms with Crippen LogP contribution in [0, 0.1) is 34.6 Å². The van der Waals surface area contributed by atoms with Crippen molar-refractivity contribution in [2.45, 2.75) is 39.6 Å². The lowest BCUT2D eigenvalue weighted by atomic mass is 10.1. The summed E-state index contributed by atoms with van der Waals surface area (Å²) in [4.78, 5) is 20.9. The van der Waals surface area contributed by atoms with Gasteiger partial charge in [0.2, 0.25) is 5.91 Å². The van der Waals surface area contributed by atoms with Gasteiger partial charge in [0, 0.05) is 17.4 Å². The molecule has 1 amide bonds. The molecule has 2 aromatic heterocycles. The van der Waals surface area contributed by atoms with Gasteiger partial charge in [-0.2, -0.15) is 5.10 Å². The number of hydrogen-bond acceptors (Lipinski definition) is 5. The van der Waals surface area contributed by atoms with E-state index in [0.29, 0.717) is 5.82 Å². The van der Waals surface area contributed by atoms with Crippen molar-refractivity contribution in [3.63, 3.8) is 0 Å².